The summed E-state index contributed by atoms with van der Waals surface area (Å²) in [5.74, 6) is -0.971. The molecule has 0 saturated carbocycles. The lowest BCUT2D eigenvalue weighted by atomic mass is 9.97. The zero-order chi connectivity index (χ0) is 21.7. The minimum absolute atomic E-state index is 0.00209. The van der Waals surface area contributed by atoms with Crippen LogP contribution in [-0.2, 0) is 6.54 Å². The van der Waals surface area contributed by atoms with Gasteiger partial charge in [0.1, 0.15) is 17.3 Å². The maximum Gasteiger partial charge on any atom is 0.184 e. The predicted molar refractivity (Wildman–Crippen MR) is 122 cm³/mol. The maximum absolute atomic E-state index is 14.9. The molecule has 2 aromatic rings. The van der Waals surface area contributed by atoms with Crippen LogP contribution < -0.4 is 16.1 Å². The summed E-state index contributed by atoms with van der Waals surface area (Å²) in [6, 6.07) is 12.8. The van der Waals surface area contributed by atoms with Gasteiger partial charge in [0.25, 0.3) is 0 Å². The molecule has 0 aromatic heterocycles. The molecule has 1 atom stereocenters. The number of nitrogens with one attached hydrogen (secondary N) is 1. The Balaban J connectivity index is 1.79. The number of rotatable bonds is 6. The summed E-state index contributed by atoms with van der Waals surface area (Å²) in [6.45, 7) is 7.03. The summed E-state index contributed by atoms with van der Waals surface area (Å²) in [7, 11) is 0. The molecule has 0 unspecified atom stereocenters. The molecular weight excluding hydrogens is 404 g/mol. The standard InChI is InChI=1S/C22H27F2N5S/c1-15(2)20-14-28(13-16-6-4-3-5-7-16)8-9-29(20)21-18(23)10-17(11-19(21)24)12-26-27-22(25)30/h3-7,10-12,15,20H,8-9,13-14H2,1-2H3,(H3,25,27,30)/b26-12+/t20-/m1/s1. The second-order valence-corrected chi connectivity index (χ2v) is 8.23. The van der Waals surface area contributed by atoms with Crippen LogP contribution in [0, 0.1) is 17.6 Å². The van der Waals surface area contributed by atoms with Gasteiger partial charge in [0, 0.05) is 37.8 Å². The first-order valence-electron chi connectivity index (χ1n) is 9.95. The van der Waals surface area contributed by atoms with E-state index in [0.29, 0.717) is 12.1 Å². The van der Waals surface area contributed by atoms with Gasteiger partial charge < -0.3 is 10.6 Å². The number of thiocarbonyl (C=S) groups is 1. The molecule has 2 aromatic carbocycles. The zero-order valence-electron chi connectivity index (χ0n) is 17.2. The van der Waals surface area contributed by atoms with E-state index in [1.54, 1.807) is 0 Å². The molecule has 0 bridgehead atoms. The smallest absolute Gasteiger partial charge is 0.184 e. The van der Waals surface area contributed by atoms with Crippen LogP contribution in [-0.4, -0.2) is 41.9 Å². The van der Waals surface area contributed by atoms with E-state index in [9.17, 15) is 8.78 Å². The second kappa shape index (κ2) is 9.95. The van der Waals surface area contributed by atoms with E-state index in [-0.39, 0.29) is 22.8 Å². The zero-order valence-corrected chi connectivity index (χ0v) is 18.0. The average molecular weight is 432 g/mol. The Hall–Kier alpha value is -2.58. The normalized spacial score (nSPS) is 17.6. The lowest BCUT2D eigenvalue weighted by molar-refractivity contribution is 0.191. The summed E-state index contributed by atoms with van der Waals surface area (Å²) < 4.78 is 29.9. The molecule has 5 nitrogen and oxygen atoms in total. The highest BCUT2D eigenvalue weighted by atomic mass is 32.1. The highest BCUT2D eigenvalue weighted by molar-refractivity contribution is 7.80. The van der Waals surface area contributed by atoms with Crippen LogP contribution in [0.1, 0.15) is 25.0 Å². The van der Waals surface area contributed by atoms with Gasteiger partial charge in [-0.05, 0) is 35.8 Å². The topological polar surface area (TPSA) is 56.9 Å². The van der Waals surface area contributed by atoms with E-state index >= 15 is 0 Å². The van der Waals surface area contributed by atoms with Crippen molar-refractivity contribution in [1.29, 1.82) is 0 Å². The Morgan fingerprint density at radius 1 is 1.23 bits per heavy atom. The molecule has 3 N–H and O–H groups in total. The summed E-state index contributed by atoms with van der Waals surface area (Å²) >= 11 is 4.65. The highest BCUT2D eigenvalue weighted by Crippen LogP contribution is 2.31. The van der Waals surface area contributed by atoms with E-state index < -0.39 is 11.6 Å². The lowest BCUT2D eigenvalue weighted by Gasteiger charge is -2.45. The van der Waals surface area contributed by atoms with Gasteiger partial charge in [0.15, 0.2) is 5.11 Å². The fourth-order valence-corrected chi connectivity index (χ4v) is 3.86. The van der Waals surface area contributed by atoms with Crippen LogP contribution in [0.4, 0.5) is 14.5 Å². The predicted octanol–water partition coefficient (Wildman–Crippen LogP) is 3.48. The molecule has 0 amide bonds. The molecule has 1 aliphatic rings. The average Bonchev–Trinajstić information content (AvgIpc) is 2.69. The Morgan fingerprint density at radius 3 is 2.50 bits per heavy atom. The van der Waals surface area contributed by atoms with Crippen molar-refractivity contribution in [2.24, 2.45) is 16.8 Å². The van der Waals surface area contributed by atoms with Crippen molar-refractivity contribution in [1.82, 2.24) is 10.3 Å². The maximum atomic E-state index is 14.9. The van der Waals surface area contributed by atoms with Crippen LogP contribution in [0.15, 0.2) is 47.6 Å². The lowest BCUT2D eigenvalue weighted by Crippen LogP contribution is -2.55. The van der Waals surface area contributed by atoms with Crippen molar-refractivity contribution >= 4 is 29.2 Å². The summed E-state index contributed by atoms with van der Waals surface area (Å²) in [4.78, 5) is 4.21. The van der Waals surface area contributed by atoms with Crippen LogP contribution in [0.5, 0.6) is 0 Å². The Morgan fingerprint density at radius 2 is 1.90 bits per heavy atom. The van der Waals surface area contributed by atoms with E-state index in [0.717, 1.165) is 19.6 Å². The van der Waals surface area contributed by atoms with Crippen LogP contribution in [0.25, 0.3) is 0 Å². The molecule has 8 heteroatoms. The molecule has 1 saturated heterocycles. The van der Waals surface area contributed by atoms with Gasteiger partial charge in [-0.3, -0.25) is 10.3 Å². The molecule has 0 spiro atoms. The molecule has 160 valence electrons. The number of piperazine rings is 1. The Kier molecular flexibility index (Phi) is 7.33. The van der Waals surface area contributed by atoms with Crippen molar-refractivity contribution in [3.05, 3.63) is 65.2 Å². The van der Waals surface area contributed by atoms with Gasteiger partial charge in [0.2, 0.25) is 0 Å². The van der Waals surface area contributed by atoms with Crippen molar-refractivity contribution in [2.75, 3.05) is 24.5 Å². The molecular formula is C22H27F2N5S. The molecule has 1 heterocycles. The van der Waals surface area contributed by atoms with Gasteiger partial charge in [-0.15, -0.1) is 0 Å². The first-order chi connectivity index (χ1) is 14.3. The summed E-state index contributed by atoms with van der Waals surface area (Å²) in [6.07, 6.45) is 1.28. The SMILES string of the molecule is CC(C)[C@H]1CN(Cc2ccccc2)CCN1c1c(F)cc(/C=N/NC(N)=S)cc1F. The number of nitrogens with zero attached hydrogens (tertiary/aromatic N) is 3. The molecule has 0 aliphatic carbocycles. The molecule has 1 fully saturated rings. The number of hydrogen-bond donors (Lipinski definition) is 2. The van der Waals surface area contributed by atoms with Crippen molar-refractivity contribution in [3.8, 4) is 0 Å². The second-order valence-electron chi connectivity index (χ2n) is 7.79. The number of hydrogen-bond acceptors (Lipinski definition) is 4. The van der Waals surface area contributed by atoms with Gasteiger partial charge in [-0.25, -0.2) is 8.78 Å². The van der Waals surface area contributed by atoms with Gasteiger partial charge >= 0.3 is 0 Å². The number of halogens is 2. The summed E-state index contributed by atoms with van der Waals surface area (Å²) in [5.41, 5.74) is 9.21. The van der Waals surface area contributed by atoms with Gasteiger partial charge in [-0.2, -0.15) is 5.10 Å². The van der Waals surface area contributed by atoms with E-state index in [1.165, 1.54) is 23.9 Å². The molecule has 3 rings (SSSR count). The number of anilines is 1. The summed E-state index contributed by atoms with van der Waals surface area (Å²) in [5, 5.41) is 3.75. The number of nitrogens with two attached hydrogens (primary N) is 1. The third-order valence-corrected chi connectivity index (χ3v) is 5.33. The largest absolute Gasteiger partial charge is 0.375 e. The monoisotopic (exact) mass is 431 g/mol. The van der Waals surface area contributed by atoms with Crippen LogP contribution in [0.2, 0.25) is 0 Å². The third kappa shape index (κ3) is 5.52. The molecule has 30 heavy (non-hydrogen) atoms. The van der Waals surface area contributed by atoms with Gasteiger partial charge in [0.05, 0.1) is 6.21 Å². The minimum Gasteiger partial charge on any atom is -0.375 e. The fraction of sp³-hybridized carbons (Fsp3) is 0.364. The van der Waals surface area contributed by atoms with Crippen molar-refractivity contribution in [3.63, 3.8) is 0 Å². The number of benzene rings is 2. The fourth-order valence-electron chi connectivity index (χ4n) is 3.81. The number of hydrazone groups is 1. The highest BCUT2D eigenvalue weighted by Gasteiger charge is 2.32. The Labute approximate surface area is 181 Å². The molecule has 0 radical (unpaired) electrons. The van der Waals surface area contributed by atoms with Crippen molar-refractivity contribution in [2.45, 2.75) is 26.4 Å². The van der Waals surface area contributed by atoms with E-state index in [1.807, 2.05) is 23.1 Å². The van der Waals surface area contributed by atoms with E-state index in [4.69, 9.17) is 5.73 Å². The first-order valence-corrected chi connectivity index (χ1v) is 10.4. The van der Waals surface area contributed by atoms with Crippen LogP contribution in [0.3, 0.4) is 0 Å². The first kappa shape index (κ1) is 22.1. The van der Waals surface area contributed by atoms with E-state index in [2.05, 4.69) is 53.6 Å². The molecule has 1 aliphatic heterocycles. The van der Waals surface area contributed by atoms with Crippen molar-refractivity contribution < 1.29 is 8.78 Å². The van der Waals surface area contributed by atoms with Crippen LogP contribution >= 0.6 is 12.2 Å². The third-order valence-electron chi connectivity index (χ3n) is 5.24. The minimum atomic E-state index is -0.603. The van der Waals surface area contributed by atoms with Gasteiger partial charge in [-0.1, -0.05) is 44.2 Å². The quantitative estimate of drug-likeness (QED) is 0.417. The Bertz CT molecular complexity index is 881.